The maximum Gasteiger partial charge on any atom is 0.250 e. The SMILES string of the molecule is CC(Nc1c(N)cccc1C(N)=O)c1ccc(Cl)cc1. The molecule has 0 saturated carbocycles. The molecule has 0 bridgehead atoms. The zero-order valence-corrected chi connectivity index (χ0v) is 11.8. The molecule has 5 heteroatoms. The molecule has 2 aromatic rings. The highest BCUT2D eigenvalue weighted by Gasteiger charge is 2.14. The van der Waals surface area contributed by atoms with Gasteiger partial charge in [0.05, 0.1) is 16.9 Å². The Labute approximate surface area is 122 Å². The lowest BCUT2D eigenvalue weighted by Gasteiger charge is -2.19. The zero-order chi connectivity index (χ0) is 14.7. The molecule has 20 heavy (non-hydrogen) atoms. The predicted molar refractivity (Wildman–Crippen MR) is 82.9 cm³/mol. The van der Waals surface area contributed by atoms with E-state index in [0.717, 1.165) is 5.56 Å². The molecule has 1 atom stereocenters. The summed E-state index contributed by atoms with van der Waals surface area (Å²) < 4.78 is 0. The number of carbonyl (C=O) groups excluding carboxylic acids is 1. The van der Waals surface area contributed by atoms with Crippen LogP contribution in [-0.4, -0.2) is 5.91 Å². The van der Waals surface area contributed by atoms with Gasteiger partial charge in [-0.2, -0.15) is 0 Å². The van der Waals surface area contributed by atoms with Gasteiger partial charge in [0.2, 0.25) is 0 Å². The van der Waals surface area contributed by atoms with Gasteiger partial charge in [-0.1, -0.05) is 29.8 Å². The maximum absolute atomic E-state index is 11.4. The van der Waals surface area contributed by atoms with Gasteiger partial charge in [-0.15, -0.1) is 0 Å². The smallest absolute Gasteiger partial charge is 0.250 e. The predicted octanol–water partition coefficient (Wildman–Crippen LogP) is 3.19. The van der Waals surface area contributed by atoms with Crippen LogP contribution in [0, 0.1) is 0 Å². The second-order valence-corrected chi connectivity index (χ2v) is 4.99. The van der Waals surface area contributed by atoms with Crippen molar-refractivity contribution in [1.29, 1.82) is 0 Å². The van der Waals surface area contributed by atoms with Crippen molar-refractivity contribution >= 4 is 28.9 Å². The molecule has 0 spiro atoms. The van der Waals surface area contributed by atoms with E-state index in [1.807, 2.05) is 31.2 Å². The van der Waals surface area contributed by atoms with Crippen LogP contribution >= 0.6 is 11.6 Å². The molecule has 0 heterocycles. The van der Waals surface area contributed by atoms with E-state index >= 15 is 0 Å². The van der Waals surface area contributed by atoms with Gasteiger partial charge < -0.3 is 16.8 Å². The number of primary amides is 1. The van der Waals surface area contributed by atoms with E-state index in [-0.39, 0.29) is 6.04 Å². The number of hydrogen-bond donors (Lipinski definition) is 3. The molecule has 0 aromatic heterocycles. The lowest BCUT2D eigenvalue weighted by molar-refractivity contribution is 0.100. The topological polar surface area (TPSA) is 81.1 Å². The molecule has 2 rings (SSSR count). The minimum absolute atomic E-state index is 0.0323. The number of benzene rings is 2. The molecule has 0 radical (unpaired) electrons. The van der Waals surface area contributed by atoms with Crippen LogP contribution in [0.3, 0.4) is 0 Å². The van der Waals surface area contributed by atoms with Crippen molar-refractivity contribution in [1.82, 2.24) is 0 Å². The number of anilines is 2. The molecule has 0 aliphatic heterocycles. The lowest BCUT2D eigenvalue weighted by Crippen LogP contribution is -2.17. The van der Waals surface area contributed by atoms with Gasteiger partial charge in [-0.3, -0.25) is 4.79 Å². The summed E-state index contributed by atoms with van der Waals surface area (Å²) in [6.45, 7) is 1.97. The molecule has 4 nitrogen and oxygen atoms in total. The first-order valence-electron chi connectivity index (χ1n) is 6.19. The molecular weight excluding hydrogens is 274 g/mol. The second-order valence-electron chi connectivity index (χ2n) is 4.55. The molecule has 104 valence electrons. The molecule has 5 N–H and O–H groups in total. The summed E-state index contributed by atoms with van der Waals surface area (Å²) in [5, 5.41) is 3.91. The normalized spacial score (nSPS) is 11.9. The van der Waals surface area contributed by atoms with Crippen molar-refractivity contribution in [2.75, 3.05) is 11.1 Å². The van der Waals surface area contributed by atoms with Gasteiger partial charge in [0, 0.05) is 11.1 Å². The zero-order valence-electron chi connectivity index (χ0n) is 11.1. The third-order valence-electron chi connectivity index (χ3n) is 3.09. The number of carbonyl (C=O) groups is 1. The van der Waals surface area contributed by atoms with Crippen LogP contribution in [0.2, 0.25) is 5.02 Å². The van der Waals surface area contributed by atoms with Crippen molar-refractivity contribution in [3.63, 3.8) is 0 Å². The van der Waals surface area contributed by atoms with E-state index in [1.54, 1.807) is 18.2 Å². The van der Waals surface area contributed by atoms with Crippen LogP contribution in [0.4, 0.5) is 11.4 Å². The Morgan fingerprint density at radius 2 is 1.85 bits per heavy atom. The minimum Gasteiger partial charge on any atom is -0.397 e. The Morgan fingerprint density at radius 1 is 1.20 bits per heavy atom. The van der Waals surface area contributed by atoms with E-state index in [0.29, 0.717) is 22.0 Å². The summed E-state index contributed by atoms with van der Waals surface area (Å²) in [5.74, 6) is -0.511. The fourth-order valence-corrected chi connectivity index (χ4v) is 2.11. The average molecular weight is 290 g/mol. The number of para-hydroxylation sites is 1. The second kappa shape index (κ2) is 5.84. The highest BCUT2D eigenvalue weighted by Crippen LogP contribution is 2.28. The minimum atomic E-state index is -0.511. The third-order valence-corrected chi connectivity index (χ3v) is 3.34. The largest absolute Gasteiger partial charge is 0.397 e. The average Bonchev–Trinajstić information content (AvgIpc) is 2.41. The summed E-state index contributed by atoms with van der Waals surface area (Å²) in [6, 6.07) is 12.5. The van der Waals surface area contributed by atoms with E-state index in [2.05, 4.69) is 5.32 Å². The third kappa shape index (κ3) is 3.03. The summed E-state index contributed by atoms with van der Waals surface area (Å²) >= 11 is 5.87. The standard InChI is InChI=1S/C15H16ClN3O/c1-9(10-5-7-11(16)8-6-10)19-14-12(15(18)20)3-2-4-13(14)17/h2-9,19H,17H2,1H3,(H2,18,20). The first kappa shape index (κ1) is 14.2. The fourth-order valence-electron chi connectivity index (χ4n) is 1.99. The first-order valence-corrected chi connectivity index (χ1v) is 6.57. The van der Waals surface area contributed by atoms with Crippen LogP contribution in [0.1, 0.15) is 28.9 Å². The lowest BCUT2D eigenvalue weighted by atomic mass is 10.1. The van der Waals surface area contributed by atoms with Gasteiger partial charge in [-0.05, 0) is 36.8 Å². The quantitative estimate of drug-likeness (QED) is 0.756. The molecular formula is C15H16ClN3O. The van der Waals surface area contributed by atoms with Crippen molar-refractivity contribution in [2.24, 2.45) is 5.73 Å². The molecule has 0 aliphatic carbocycles. The number of halogens is 1. The van der Waals surface area contributed by atoms with Crippen molar-refractivity contribution in [3.8, 4) is 0 Å². The molecule has 0 aliphatic rings. The summed E-state index contributed by atoms with van der Waals surface area (Å²) in [4.78, 5) is 11.4. The molecule has 2 aromatic carbocycles. The fraction of sp³-hybridized carbons (Fsp3) is 0.133. The summed E-state index contributed by atoms with van der Waals surface area (Å²) in [7, 11) is 0. The summed E-state index contributed by atoms with van der Waals surface area (Å²) in [5.41, 5.74) is 13.7. The van der Waals surface area contributed by atoms with Crippen molar-refractivity contribution in [3.05, 3.63) is 58.6 Å². The van der Waals surface area contributed by atoms with Crippen molar-refractivity contribution < 1.29 is 4.79 Å². The van der Waals surface area contributed by atoms with Gasteiger partial charge >= 0.3 is 0 Å². The number of nitrogen functional groups attached to an aromatic ring is 1. The van der Waals surface area contributed by atoms with Crippen LogP contribution in [0.15, 0.2) is 42.5 Å². The summed E-state index contributed by atoms with van der Waals surface area (Å²) in [6.07, 6.45) is 0. The molecule has 1 unspecified atom stereocenters. The molecule has 1 amide bonds. The molecule has 0 saturated heterocycles. The van der Waals surface area contributed by atoms with Crippen LogP contribution in [-0.2, 0) is 0 Å². The van der Waals surface area contributed by atoms with Gasteiger partial charge in [0.1, 0.15) is 0 Å². The van der Waals surface area contributed by atoms with Gasteiger partial charge in [0.25, 0.3) is 5.91 Å². The number of nitrogens with one attached hydrogen (secondary N) is 1. The highest BCUT2D eigenvalue weighted by atomic mass is 35.5. The number of nitrogens with two attached hydrogens (primary N) is 2. The van der Waals surface area contributed by atoms with E-state index in [1.165, 1.54) is 0 Å². The van der Waals surface area contributed by atoms with Crippen molar-refractivity contribution in [2.45, 2.75) is 13.0 Å². The van der Waals surface area contributed by atoms with Crippen LogP contribution in [0.5, 0.6) is 0 Å². The van der Waals surface area contributed by atoms with Gasteiger partial charge in [-0.25, -0.2) is 0 Å². The van der Waals surface area contributed by atoms with Crippen LogP contribution < -0.4 is 16.8 Å². The highest BCUT2D eigenvalue weighted by molar-refractivity contribution is 6.30. The number of amides is 1. The maximum atomic E-state index is 11.4. The monoisotopic (exact) mass is 289 g/mol. The van der Waals surface area contributed by atoms with Crippen LogP contribution in [0.25, 0.3) is 0 Å². The Bertz CT molecular complexity index is 626. The van der Waals surface area contributed by atoms with E-state index in [9.17, 15) is 4.79 Å². The van der Waals surface area contributed by atoms with E-state index in [4.69, 9.17) is 23.1 Å². The number of rotatable bonds is 4. The van der Waals surface area contributed by atoms with Gasteiger partial charge in [0.15, 0.2) is 0 Å². The number of hydrogen-bond acceptors (Lipinski definition) is 3. The Kier molecular flexibility index (Phi) is 4.15. The molecule has 0 fully saturated rings. The van der Waals surface area contributed by atoms with E-state index < -0.39 is 5.91 Å². The first-order chi connectivity index (χ1) is 9.49. The Hall–Kier alpha value is -2.20. The Balaban J connectivity index is 2.30. The Morgan fingerprint density at radius 3 is 2.45 bits per heavy atom.